The lowest BCUT2D eigenvalue weighted by molar-refractivity contribution is -0.107. The second kappa shape index (κ2) is 7.98. The minimum absolute atomic E-state index is 0.0774. The summed E-state index contributed by atoms with van der Waals surface area (Å²) >= 11 is 0. The zero-order valence-corrected chi connectivity index (χ0v) is 17.2. The van der Waals surface area contributed by atoms with Gasteiger partial charge in [-0.1, -0.05) is 42.5 Å². The first kappa shape index (κ1) is 20.2. The molecule has 2 heterocycles. The largest absolute Gasteiger partial charge is 0.483 e. The molecule has 1 saturated heterocycles. The van der Waals surface area contributed by atoms with Crippen LogP contribution in [0.4, 0.5) is 0 Å². The number of hydrogen-bond donors (Lipinski definition) is 3. The molecule has 4 rings (SSSR count). The quantitative estimate of drug-likeness (QED) is 0.698. The number of benzene rings is 2. The molecule has 0 spiro atoms. The zero-order valence-electron chi connectivity index (χ0n) is 17.2. The summed E-state index contributed by atoms with van der Waals surface area (Å²) in [5, 5.41) is 24.7. The summed E-state index contributed by atoms with van der Waals surface area (Å²) in [5.74, 6) is 1.45. The number of aliphatic hydroxyl groups is 2. The molecule has 3 unspecified atom stereocenters. The molecule has 5 nitrogen and oxygen atoms in total. The number of fused-ring (bicyclic) bond motifs is 1. The van der Waals surface area contributed by atoms with Gasteiger partial charge in [-0.15, -0.1) is 0 Å². The van der Waals surface area contributed by atoms with Gasteiger partial charge in [0.05, 0.1) is 0 Å². The van der Waals surface area contributed by atoms with E-state index in [9.17, 15) is 10.2 Å². The molecule has 0 bridgehead atoms. The molecule has 29 heavy (non-hydrogen) atoms. The Balaban J connectivity index is 1.70. The first-order valence-electron chi connectivity index (χ1n) is 10.5. The summed E-state index contributed by atoms with van der Waals surface area (Å²) in [6.45, 7) is 4.96. The van der Waals surface area contributed by atoms with E-state index in [2.05, 4.69) is 25.2 Å². The van der Waals surface area contributed by atoms with E-state index in [4.69, 9.17) is 9.47 Å². The Hall–Kier alpha value is -2.08. The maximum atomic E-state index is 11.8. The average molecular weight is 398 g/mol. The smallest absolute Gasteiger partial charge is 0.165 e. The molecule has 0 radical (unpaired) electrons. The molecule has 3 atom stereocenters. The van der Waals surface area contributed by atoms with Crippen molar-refractivity contribution in [3.8, 4) is 11.5 Å². The van der Waals surface area contributed by atoms with Crippen LogP contribution >= 0.6 is 0 Å². The molecule has 1 fully saturated rings. The van der Waals surface area contributed by atoms with Crippen LogP contribution < -0.4 is 14.8 Å². The summed E-state index contributed by atoms with van der Waals surface area (Å²) in [4.78, 5) is 0. The van der Waals surface area contributed by atoms with Crippen LogP contribution in [0, 0.1) is 0 Å². The average Bonchev–Trinajstić information content (AvgIpc) is 3.04. The normalized spacial score (nSPS) is 27.9. The van der Waals surface area contributed by atoms with Crippen molar-refractivity contribution in [3.05, 3.63) is 59.7 Å². The van der Waals surface area contributed by atoms with Crippen molar-refractivity contribution < 1.29 is 19.7 Å². The number of rotatable bonds is 6. The van der Waals surface area contributed by atoms with Crippen LogP contribution in [0.2, 0.25) is 0 Å². The minimum Gasteiger partial charge on any atom is -0.483 e. The summed E-state index contributed by atoms with van der Waals surface area (Å²) in [6.07, 6.45) is 2.26. The second-order valence-electron chi connectivity index (χ2n) is 8.79. The Morgan fingerprint density at radius 2 is 1.93 bits per heavy atom. The Bertz CT molecular complexity index is 838. The number of para-hydroxylation sites is 1. The Kier molecular flexibility index (Phi) is 5.56. The van der Waals surface area contributed by atoms with E-state index < -0.39 is 11.7 Å². The fourth-order valence-electron chi connectivity index (χ4n) is 4.63. The maximum Gasteiger partial charge on any atom is 0.165 e. The van der Waals surface area contributed by atoms with Gasteiger partial charge in [0, 0.05) is 24.6 Å². The summed E-state index contributed by atoms with van der Waals surface area (Å²) in [5.41, 5.74) is 0.600. The molecule has 2 aromatic carbocycles. The van der Waals surface area contributed by atoms with Crippen LogP contribution in [0.1, 0.15) is 44.2 Å². The first-order chi connectivity index (χ1) is 13.9. The zero-order chi connectivity index (χ0) is 20.5. The van der Waals surface area contributed by atoms with Crippen LogP contribution in [-0.4, -0.2) is 41.1 Å². The Morgan fingerprint density at radius 1 is 1.14 bits per heavy atom. The highest BCUT2D eigenvalue weighted by molar-refractivity contribution is 5.50. The van der Waals surface area contributed by atoms with Crippen molar-refractivity contribution in [3.63, 3.8) is 0 Å². The van der Waals surface area contributed by atoms with Gasteiger partial charge in [0.2, 0.25) is 0 Å². The number of hydrogen-bond acceptors (Lipinski definition) is 5. The molecule has 0 saturated carbocycles. The summed E-state index contributed by atoms with van der Waals surface area (Å²) in [7, 11) is 0. The van der Waals surface area contributed by atoms with E-state index in [1.165, 1.54) is 0 Å². The van der Waals surface area contributed by atoms with Gasteiger partial charge in [0.25, 0.3) is 0 Å². The van der Waals surface area contributed by atoms with E-state index in [1.54, 1.807) is 0 Å². The molecule has 2 aromatic rings. The number of aliphatic hydroxyl groups excluding tert-OH is 1. The predicted octanol–water partition coefficient (Wildman–Crippen LogP) is 3.17. The van der Waals surface area contributed by atoms with Crippen molar-refractivity contribution in [2.75, 3.05) is 13.2 Å². The lowest BCUT2D eigenvalue weighted by Gasteiger charge is -2.45. The second-order valence-corrected chi connectivity index (χ2v) is 8.79. The number of ether oxygens (including phenoxy) is 2. The Morgan fingerprint density at radius 3 is 2.69 bits per heavy atom. The third-order valence-electron chi connectivity index (χ3n) is 6.00. The van der Waals surface area contributed by atoms with Crippen LogP contribution in [0.25, 0.3) is 0 Å². The van der Waals surface area contributed by atoms with Gasteiger partial charge in [0.1, 0.15) is 17.3 Å². The lowest BCUT2D eigenvalue weighted by atomic mass is 9.78. The summed E-state index contributed by atoms with van der Waals surface area (Å²) in [6, 6.07) is 15.7. The standard InChI is InChI=1S/C24H31NO4/c1-23(2)16-17-8-6-12-20(21(17)29-23)28-22-19(11-7-15-26)25-14-13-24(22,27)18-9-4-3-5-10-18/h3-6,8-10,12,19,22,25-27H,7,11,13-16H2,1-2H3. The molecule has 0 aliphatic carbocycles. The highest BCUT2D eigenvalue weighted by atomic mass is 16.5. The number of nitrogens with one attached hydrogen (secondary N) is 1. The number of piperidine rings is 1. The topological polar surface area (TPSA) is 71.0 Å². The van der Waals surface area contributed by atoms with Crippen LogP contribution in [0.15, 0.2) is 48.5 Å². The minimum atomic E-state index is -1.12. The maximum absolute atomic E-state index is 11.8. The van der Waals surface area contributed by atoms with Gasteiger partial charge in [-0.05, 0) is 51.3 Å². The van der Waals surface area contributed by atoms with Gasteiger partial charge in [-0.2, -0.15) is 0 Å². The van der Waals surface area contributed by atoms with Crippen molar-refractivity contribution >= 4 is 0 Å². The van der Waals surface area contributed by atoms with Crippen LogP contribution in [0.3, 0.4) is 0 Å². The molecular formula is C24H31NO4. The van der Waals surface area contributed by atoms with Gasteiger partial charge in [-0.25, -0.2) is 0 Å². The van der Waals surface area contributed by atoms with Crippen LogP contribution in [0.5, 0.6) is 11.5 Å². The molecule has 0 amide bonds. The molecule has 156 valence electrons. The van der Waals surface area contributed by atoms with E-state index in [0.29, 0.717) is 25.1 Å². The molecule has 0 aromatic heterocycles. The van der Waals surface area contributed by atoms with Crippen LogP contribution in [-0.2, 0) is 12.0 Å². The molecule has 3 N–H and O–H groups in total. The van der Waals surface area contributed by atoms with Crippen molar-refractivity contribution in [2.24, 2.45) is 0 Å². The van der Waals surface area contributed by atoms with Crippen molar-refractivity contribution in [2.45, 2.75) is 62.9 Å². The lowest BCUT2D eigenvalue weighted by Crippen LogP contribution is -2.60. The van der Waals surface area contributed by atoms with Gasteiger partial charge in [-0.3, -0.25) is 0 Å². The van der Waals surface area contributed by atoms with E-state index in [0.717, 1.165) is 29.7 Å². The van der Waals surface area contributed by atoms with Crippen molar-refractivity contribution in [1.82, 2.24) is 5.32 Å². The third-order valence-corrected chi connectivity index (χ3v) is 6.00. The highest BCUT2D eigenvalue weighted by Gasteiger charge is 2.48. The van der Waals surface area contributed by atoms with E-state index >= 15 is 0 Å². The SMILES string of the molecule is CC1(C)Cc2cccc(OC3C(CCCO)NCCC3(O)c3ccccc3)c2O1. The highest BCUT2D eigenvalue weighted by Crippen LogP contribution is 2.44. The molecule has 5 heteroatoms. The van der Waals surface area contributed by atoms with E-state index in [-0.39, 0.29) is 18.2 Å². The van der Waals surface area contributed by atoms with Crippen molar-refractivity contribution in [1.29, 1.82) is 0 Å². The fraction of sp³-hybridized carbons (Fsp3) is 0.500. The van der Waals surface area contributed by atoms with Gasteiger partial charge >= 0.3 is 0 Å². The third kappa shape index (κ3) is 4.00. The first-order valence-corrected chi connectivity index (χ1v) is 10.5. The monoisotopic (exact) mass is 397 g/mol. The Labute approximate surface area is 172 Å². The van der Waals surface area contributed by atoms with Gasteiger partial charge < -0.3 is 25.0 Å². The summed E-state index contributed by atoms with van der Waals surface area (Å²) < 4.78 is 12.7. The van der Waals surface area contributed by atoms with Gasteiger partial charge in [0.15, 0.2) is 11.5 Å². The molecular weight excluding hydrogens is 366 g/mol. The fourth-order valence-corrected chi connectivity index (χ4v) is 4.63. The predicted molar refractivity (Wildman–Crippen MR) is 112 cm³/mol. The molecule has 2 aliphatic rings. The molecule has 2 aliphatic heterocycles. The van der Waals surface area contributed by atoms with E-state index in [1.807, 2.05) is 42.5 Å².